The number of amides is 1. The molecule has 2 aliphatic heterocycles. The second-order valence-electron chi connectivity index (χ2n) is 10.8. The summed E-state index contributed by atoms with van der Waals surface area (Å²) in [5.74, 6) is 2.19. The van der Waals surface area contributed by atoms with Gasteiger partial charge in [-0.1, -0.05) is 51.4 Å². The Balaban J connectivity index is 1.26. The van der Waals surface area contributed by atoms with Crippen LogP contribution in [0.5, 0.6) is 0 Å². The summed E-state index contributed by atoms with van der Waals surface area (Å²) in [6.45, 7) is 5.32. The van der Waals surface area contributed by atoms with Crippen molar-refractivity contribution in [3.05, 3.63) is 17.7 Å². The number of rotatable bonds is 8. The van der Waals surface area contributed by atoms with Crippen LogP contribution in [0.3, 0.4) is 0 Å². The highest BCUT2D eigenvalue weighted by atomic mass is 16.1. The molecule has 1 aromatic rings. The number of pyridine rings is 1. The summed E-state index contributed by atoms with van der Waals surface area (Å²) in [6.07, 6.45) is 16.6. The van der Waals surface area contributed by atoms with Crippen molar-refractivity contribution < 1.29 is 4.79 Å². The number of piperidine rings is 1. The first kappa shape index (κ1) is 25.9. The van der Waals surface area contributed by atoms with Gasteiger partial charge in [0.2, 0.25) is 0 Å². The molecular formula is C28H46N6O. The average molecular weight is 483 g/mol. The maximum Gasteiger partial charge on any atom is 0.270 e. The highest BCUT2D eigenvalue weighted by molar-refractivity contribution is 6.45. The minimum absolute atomic E-state index is 0.000736. The molecule has 0 aromatic carbocycles. The minimum atomic E-state index is -0.289. The monoisotopic (exact) mass is 482 g/mol. The molecule has 1 aromatic heterocycles. The summed E-state index contributed by atoms with van der Waals surface area (Å²) in [5, 5.41) is 14.8. The molecule has 194 valence electrons. The molecule has 0 radical (unpaired) electrons. The van der Waals surface area contributed by atoms with E-state index in [1.54, 1.807) is 0 Å². The van der Waals surface area contributed by atoms with Crippen LogP contribution in [0.2, 0.25) is 0 Å². The van der Waals surface area contributed by atoms with Crippen molar-refractivity contribution in [1.82, 2.24) is 15.2 Å². The van der Waals surface area contributed by atoms with E-state index >= 15 is 0 Å². The van der Waals surface area contributed by atoms with Crippen LogP contribution in [-0.2, 0) is 4.79 Å². The summed E-state index contributed by atoms with van der Waals surface area (Å²) in [6, 6.07) is 4.02. The van der Waals surface area contributed by atoms with Crippen molar-refractivity contribution in [2.75, 3.05) is 50.0 Å². The molecule has 3 N–H and O–H groups in total. The predicted molar refractivity (Wildman–Crippen MR) is 145 cm³/mol. The van der Waals surface area contributed by atoms with Crippen LogP contribution in [0.15, 0.2) is 12.1 Å². The first-order valence-corrected chi connectivity index (χ1v) is 14.2. The van der Waals surface area contributed by atoms with Crippen LogP contribution in [-0.4, -0.2) is 67.3 Å². The van der Waals surface area contributed by atoms with Crippen LogP contribution in [0.1, 0.15) is 89.0 Å². The Kier molecular flexibility index (Phi) is 9.81. The van der Waals surface area contributed by atoms with E-state index < -0.39 is 0 Å². The van der Waals surface area contributed by atoms with Gasteiger partial charge in [0.15, 0.2) is 0 Å². The molecule has 2 saturated heterocycles. The molecule has 1 aliphatic carbocycles. The van der Waals surface area contributed by atoms with Crippen molar-refractivity contribution in [3.63, 3.8) is 0 Å². The van der Waals surface area contributed by atoms with Gasteiger partial charge in [-0.25, -0.2) is 4.98 Å². The van der Waals surface area contributed by atoms with Gasteiger partial charge in [0, 0.05) is 44.8 Å². The number of likely N-dealkylation sites (tertiary alicyclic amines) is 1. The zero-order valence-corrected chi connectivity index (χ0v) is 21.8. The Bertz CT molecular complexity index is 821. The second-order valence-corrected chi connectivity index (χ2v) is 10.8. The minimum Gasteiger partial charge on any atom is -0.373 e. The van der Waals surface area contributed by atoms with Crippen molar-refractivity contribution in [3.8, 4) is 0 Å². The number of nitrogens with zero attached hydrogens (tertiary/aromatic N) is 3. The van der Waals surface area contributed by atoms with E-state index in [9.17, 15) is 4.79 Å². The number of nitrogens with one attached hydrogen (secondary N) is 3. The Morgan fingerprint density at radius 1 is 0.943 bits per heavy atom. The molecule has 7 nitrogen and oxygen atoms in total. The van der Waals surface area contributed by atoms with Gasteiger partial charge in [0.05, 0.1) is 0 Å². The normalized spacial score (nSPS) is 21.2. The van der Waals surface area contributed by atoms with Crippen molar-refractivity contribution in [1.29, 1.82) is 5.41 Å². The van der Waals surface area contributed by atoms with Crippen LogP contribution >= 0.6 is 0 Å². The standard InChI is InChI=1S/C28H46N6O/c1-30-27-24(12-13-25(32-27)34-17-8-3-2-4-9-18-34)26(29)28(35)31-23-15-20-33(21-16-23)19-14-22-10-6-5-7-11-22/h12-13,22-23,29H,2-11,14-21H2,1H3,(H,30,32)(H,31,35). The fourth-order valence-electron chi connectivity index (χ4n) is 6.02. The lowest BCUT2D eigenvalue weighted by Gasteiger charge is -2.33. The lowest BCUT2D eigenvalue weighted by atomic mass is 9.87. The SMILES string of the molecule is CNc1nc(N2CCCCCCC2)ccc1C(=N)C(=O)NC1CCN(CCC2CCCCC2)CC1. The number of anilines is 2. The molecule has 3 fully saturated rings. The van der Waals surface area contributed by atoms with Gasteiger partial charge in [-0.3, -0.25) is 10.2 Å². The van der Waals surface area contributed by atoms with Crippen LogP contribution in [0, 0.1) is 11.3 Å². The number of aromatic nitrogens is 1. The Morgan fingerprint density at radius 3 is 2.29 bits per heavy atom. The van der Waals surface area contributed by atoms with Gasteiger partial charge in [-0.05, 0) is 56.7 Å². The summed E-state index contributed by atoms with van der Waals surface area (Å²) >= 11 is 0. The van der Waals surface area contributed by atoms with E-state index in [0.717, 1.165) is 50.8 Å². The molecule has 0 spiro atoms. The van der Waals surface area contributed by atoms with Gasteiger partial charge in [0.25, 0.3) is 5.91 Å². The van der Waals surface area contributed by atoms with Crippen molar-refractivity contribution in [2.45, 2.75) is 89.5 Å². The van der Waals surface area contributed by atoms with Crippen LogP contribution in [0.4, 0.5) is 11.6 Å². The maximum atomic E-state index is 12.9. The zero-order chi connectivity index (χ0) is 24.5. The fraction of sp³-hybridized carbons (Fsp3) is 0.750. The van der Waals surface area contributed by atoms with E-state index in [0.29, 0.717) is 11.4 Å². The van der Waals surface area contributed by atoms with Gasteiger partial charge in [0.1, 0.15) is 17.3 Å². The average Bonchev–Trinajstić information content (AvgIpc) is 2.88. The van der Waals surface area contributed by atoms with E-state index in [2.05, 4.69) is 20.4 Å². The van der Waals surface area contributed by atoms with Gasteiger partial charge in [-0.2, -0.15) is 0 Å². The second kappa shape index (κ2) is 13.2. The third-order valence-corrected chi connectivity index (χ3v) is 8.29. The highest BCUT2D eigenvalue weighted by Gasteiger charge is 2.25. The summed E-state index contributed by atoms with van der Waals surface area (Å²) in [4.78, 5) is 22.6. The first-order valence-electron chi connectivity index (χ1n) is 14.2. The molecule has 1 saturated carbocycles. The van der Waals surface area contributed by atoms with E-state index in [1.807, 2.05) is 19.2 Å². The highest BCUT2D eigenvalue weighted by Crippen LogP contribution is 2.27. The number of hydrogen-bond acceptors (Lipinski definition) is 6. The zero-order valence-electron chi connectivity index (χ0n) is 21.8. The van der Waals surface area contributed by atoms with E-state index in [-0.39, 0.29) is 17.7 Å². The summed E-state index contributed by atoms with van der Waals surface area (Å²) in [5.41, 5.74) is 0.575. The molecule has 7 heteroatoms. The molecule has 35 heavy (non-hydrogen) atoms. The smallest absolute Gasteiger partial charge is 0.270 e. The van der Waals surface area contributed by atoms with Crippen LogP contribution in [0.25, 0.3) is 0 Å². The summed E-state index contributed by atoms with van der Waals surface area (Å²) < 4.78 is 0. The molecule has 0 bridgehead atoms. The maximum absolute atomic E-state index is 12.9. The fourth-order valence-corrected chi connectivity index (χ4v) is 6.02. The number of carbonyl (C=O) groups excluding carboxylic acids is 1. The molecular weight excluding hydrogens is 436 g/mol. The van der Waals surface area contributed by atoms with E-state index in [1.165, 1.54) is 77.2 Å². The molecule has 4 rings (SSSR count). The quantitative estimate of drug-likeness (QED) is 0.463. The van der Waals surface area contributed by atoms with Gasteiger partial charge in [-0.15, -0.1) is 0 Å². The topological polar surface area (TPSA) is 84.4 Å². The molecule has 3 heterocycles. The summed E-state index contributed by atoms with van der Waals surface area (Å²) in [7, 11) is 1.82. The molecule has 1 amide bonds. The van der Waals surface area contributed by atoms with Crippen LogP contribution < -0.4 is 15.5 Å². The Morgan fingerprint density at radius 2 is 1.60 bits per heavy atom. The third kappa shape index (κ3) is 7.42. The number of carbonyl (C=O) groups is 1. The predicted octanol–water partition coefficient (Wildman–Crippen LogP) is 4.81. The van der Waals surface area contributed by atoms with E-state index in [4.69, 9.17) is 10.4 Å². The first-order chi connectivity index (χ1) is 17.1. The van der Waals surface area contributed by atoms with Gasteiger partial charge < -0.3 is 20.4 Å². The Labute approximate surface area is 211 Å². The lowest BCUT2D eigenvalue weighted by molar-refractivity contribution is -0.115. The third-order valence-electron chi connectivity index (χ3n) is 8.29. The Hall–Kier alpha value is -2.15. The largest absolute Gasteiger partial charge is 0.373 e. The lowest BCUT2D eigenvalue weighted by Crippen LogP contribution is -2.47. The van der Waals surface area contributed by atoms with Crippen molar-refractivity contribution >= 4 is 23.3 Å². The van der Waals surface area contributed by atoms with Crippen molar-refractivity contribution in [2.24, 2.45) is 5.92 Å². The number of hydrogen-bond donors (Lipinski definition) is 3. The molecule has 0 atom stereocenters. The molecule has 3 aliphatic rings. The molecule has 0 unspecified atom stereocenters. The van der Waals surface area contributed by atoms with Gasteiger partial charge >= 0.3 is 0 Å².